The van der Waals surface area contributed by atoms with Crippen molar-refractivity contribution in [2.24, 2.45) is 0 Å². The van der Waals surface area contributed by atoms with Crippen molar-refractivity contribution in [1.82, 2.24) is 10.2 Å². The van der Waals surface area contributed by atoms with Gasteiger partial charge in [0.2, 0.25) is 0 Å². The lowest BCUT2D eigenvalue weighted by molar-refractivity contribution is -0.123. The summed E-state index contributed by atoms with van der Waals surface area (Å²) in [6, 6.07) is 15.9. The summed E-state index contributed by atoms with van der Waals surface area (Å²) >= 11 is 0. The minimum absolute atomic E-state index is 0.0684. The van der Waals surface area contributed by atoms with Crippen LogP contribution in [0.5, 0.6) is 5.75 Å². The highest BCUT2D eigenvalue weighted by Gasteiger charge is 2.19. The molecule has 0 aromatic heterocycles. The van der Waals surface area contributed by atoms with Gasteiger partial charge < -0.3 is 15.0 Å². The average Bonchev–Trinajstić information content (AvgIpc) is 3.26. The first-order valence-electron chi connectivity index (χ1n) is 8.93. The Bertz CT molecular complexity index is 832. The Kier molecular flexibility index (Phi) is 6.06. The van der Waals surface area contributed by atoms with E-state index in [0.717, 1.165) is 31.5 Å². The minimum atomic E-state index is -0.239. The summed E-state index contributed by atoms with van der Waals surface area (Å²) in [6.45, 7) is 1.93. The van der Waals surface area contributed by atoms with Gasteiger partial charge in [0.15, 0.2) is 6.61 Å². The Morgan fingerprint density at radius 1 is 1.04 bits per heavy atom. The highest BCUT2D eigenvalue weighted by atomic mass is 16.5. The highest BCUT2D eigenvalue weighted by molar-refractivity contribution is 5.94. The third-order valence-electron chi connectivity index (χ3n) is 4.44. The number of nitrogens with zero attached hydrogens (tertiary/aromatic N) is 2. The molecule has 6 nitrogen and oxygen atoms in total. The number of carbonyl (C=O) groups is 2. The standard InChI is InChI=1S/C21H21N3O3/c22-13-16-5-9-19(10-6-16)27-15-20(25)23-14-17-3-7-18(8-4-17)21(26)24-11-1-2-12-24/h3-10H,1-2,11-12,14-15H2,(H,23,25). The molecule has 2 aromatic rings. The summed E-state index contributed by atoms with van der Waals surface area (Å²) < 4.78 is 5.39. The molecule has 1 heterocycles. The Balaban J connectivity index is 1.44. The van der Waals surface area contributed by atoms with Gasteiger partial charge in [0, 0.05) is 25.2 Å². The van der Waals surface area contributed by atoms with Crippen LogP contribution in [-0.4, -0.2) is 36.4 Å². The van der Waals surface area contributed by atoms with Crippen molar-refractivity contribution in [3.05, 3.63) is 65.2 Å². The second-order valence-electron chi connectivity index (χ2n) is 6.40. The molecule has 0 spiro atoms. The number of rotatable bonds is 6. The largest absolute Gasteiger partial charge is 0.484 e. The van der Waals surface area contributed by atoms with E-state index in [9.17, 15) is 9.59 Å². The van der Waals surface area contributed by atoms with E-state index in [4.69, 9.17) is 10.00 Å². The Morgan fingerprint density at radius 2 is 1.70 bits per heavy atom. The molecular formula is C21H21N3O3. The fraction of sp³-hybridized carbons (Fsp3) is 0.286. The molecule has 3 rings (SSSR count). The van der Waals surface area contributed by atoms with Crippen LogP contribution in [0.2, 0.25) is 0 Å². The molecule has 1 aliphatic rings. The van der Waals surface area contributed by atoms with E-state index < -0.39 is 0 Å². The van der Waals surface area contributed by atoms with Crippen LogP contribution in [0.25, 0.3) is 0 Å². The topological polar surface area (TPSA) is 82.4 Å². The summed E-state index contributed by atoms with van der Waals surface area (Å²) in [7, 11) is 0. The lowest BCUT2D eigenvalue weighted by atomic mass is 10.1. The van der Waals surface area contributed by atoms with Crippen LogP contribution < -0.4 is 10.1 Å². The number of likely N-dealkylation sites (tertiary alicyclic amines) is 1. The predicted octanol–water partition coefficient (Wildman–Crippen LogP) is 2.49. The molecule has 0 saturated carbocycles. The predicted molar refractivity (Wildman–Crippen MR) is 100 cm³/mol. The molecular weight excluding hydrogens is 342 g/mol. The molecule has 2 amide bonds. The third kappa shape index (κ3) is 5.08. The first kappa shape index (κ1) is 18.5. The van der Waals surface area contributed by atoms with Crippen molar-refractivity contribution in [2.75, 3.05) is 19.7 Å². The molecule has 1 fully saturated rings. The van der Waals surface area contributed by atoms with Gasteiger partial charge in [-0.1, -0.05) is 12.1 Å². The number of carbonyl (C=O) groups excluding carboxylic acids is 2. The molecule has 0 aliphatic carbocycles. The lowest BCUT2D eigenvalue weighted by Crippen LogP contribution is -2.29. The van der Waals surface area contributed by atoms with Gasteiger partial charge in [0.1, 0.15) is 5.75 Å². The van der Waals surface area contributed by atoms with E-state index in [0.29, 0.717) is 23.4 Å². The van der Waals surface area contributed by atoms with Crippen LogP contribution in [-0.2, 0) is 11.3 Å². The maximum atomic E-state index is 12.3. The number of hydrogen-bond donors (Lipinski definition) is 1. The molecule has 6 heteroatoms. The minimum Gasteiger partial charge on any atom is -0.484 e. The van der Waals surface area contributed by atoms with Crippen LogP contribution in [0, 0.1) is 11.3 Å². The van der Waals surface area contributed by atoms with Gasteiger partial charge in [-0.05, 0) is 54.8 Å². The van der Waals surface area contributed by atoms with E-state index in [2.05, 4.69) is 5.32 Å². The van der Waals surface area contributed by atoms with E-state index in [1.807, 2.05) is 23.1 Å². The van der Waals surface area contributed by atoms with Gasteiger partial charge >= 0.3 is 0 Å². The summed E-state index contributed by atoms with van der Waals surface area (Å²) in [5, 5.41) is 11.5. The molecule has 1 N–H and O–H groups in total. The van der Waals surface area contributed by atoms with Gasteiger partial charge in [0.25, 0.3) is 11.8 Å². The number of ether oxygens (including phenoxy) is 1. The second-order valence-corrected chi connectivity index (χ2v) is 6.40. The number of nitrogens with one attached hydrogen (secondary N) is 1. The molecule has 0 bridgehead atoms. The molecule has 138 valence electrons. The number of amides is 2. The van der Waals surface area contributed by atoms with Crippen LogP contribution in [0.1, 0.15) is 34.3 Å². The number of benzene rings is 2. The zero-order chi connectivity index (χ0) is 19.1. The maximum Gasteiger partial charge on any atom is 0.258 e. The molecule has 1 saturated heterocycles. The van der Waals surface area contributed by atoms with Gasteiger partial charge in [-0.15, -0.1) is 0 Å². The number of hydrogen-bond acceptors (Lipinski definition) is 4. The summed E-state index contributed by atoms with van der Waals surface area (Å²) in [4.78, 5) is 26.1. The molecule has 0 atom stereocenters. The van der Waals surface area contributed by atoms with Crippen molar-refractivity contribution in [2.45, 2.75) is 19.4 Å². The molecule has 27 heavy (non-hydrogen) atoms. The van der Waals surface area contributed by atoms with Crippen LogP contribution >= 0.6 is 0 Å². The quantitative estimate of drug-likeness (QED) is 0.855. The van der Waals surface area contributed by atoms with Crippen molar-refractivity contribution < 1.29 is 14.3 Å². The van der Waals surface area contributed by atoms with Gasteiger partial charge in [-0.2, -0.15) is 5.26 Å². The normalized spacial score (nSPS) is 13.1. The summed E-state index contributed by atoms with van der Waals surface area (Å²) in [5.41, 5.74) is 2.13. The Morgan fingerprint density at radius 3 is 2.33 bits per heavy atom. The molecule has 0 unspecified atom stereocenters. The van der Waals surface area contributed by atoms with Crippen molar-refractivity contribution in [1.29, 1.82) is 5.26 Å². The summed E-state index contributed by atoms with van der Waals surface area (Å²) in [6.07, 6.45) is 2.14. The zero-order valence-electron chi connectivity index (χ0n) is 15.0. The van der Waals surface area contributed by atoms with Gasteiger partial charge in [-0.3, -0.25) is 9.59 Å². The third-order valence-corrected chi connectivity index (χ3v) is 4.44. The van der Waals surface area contributed by atoms with E-state index in [1.54, 1.807) is 36.4 Å². The van der Waals surface area contributed by atoms with E-state index in [-0.39, 0.29) is 18.4 Å². The van der Waals surface area contributed by atoms with Crippen molar-refractivity contribution in [3.8, 4) is 11.8 Å². The van der Waals surface area contributed by atoms with Crippen molar-refractivity contribution >= 4 is 11.8 Å². The lowest BCUT2D eigenvalue weighted by Gasteiger charge is -2.15. The first-order valence-corrected chi connectivity index (χ1v) is 8.93. The molecule has 1 aliphatic heterocycles. The Labute approximate surface area is 158 Å². The molecule has 2 aromatic carbocycles. The monoisotopic (exact) mass is 363 g/mol. The van der Waals surface area contributed by atoms with E-state index in [1.165, 1.54) is 0 Å². The van der Waals surface area contributed by atoms with Crippen LogP contribution in [0.15, 0.2) is 48.5 Å². The summed E-state index contributed by atoms with van der Waals surface area (Å²) in [5.74, 6) is 0.365. The van der Waals surface area contributed by atoms with Crippen molar-refractivity contribution in [3.63, 3.8) is 0 Å². The van der Waals surface area contributed by atoms with Gasteiger partial charge in [0.05, 0.1) is 11.6 Å². The smallest absolute Gasteiger partial charge is 0.258 e. The van der Waals surface area contributed by atoms with Crippen LogP contribution in [0.3, 0.4) is 0 Å². The fourth-order valence-corrected chi connectivity index (χ4v) is 2.89. The van der Waals surface area contributed by atoms with Crippen LogP contribution in [0.4, 0.5) is 0 Å². The Hall–Kier alpha value is -3.33. The second kappa shape index (κ2) is 8.86. The molecule has 0 radical (unpaired) electrons. The first-order chi connectivity index (χ1) is 13.2. The van der Waals surface area contributed by atoms with Gasteiger partial charge in [-0.25, -0.2) is 0 Å². The zero-order valence-corrected chi connectivity index (χ0v) is 15.0. The SMILES string of the molecule is N#Cc1ccc(OCC(=O)NCc2ccc(C(=O)N3CCCC3)cc2)cc1. The number of nitriles is 1. The van der Waals surface area contributed by atoms with E-state index >= 15 is 0 Å². The average molecular weight is 363 g/mol. The fourth-order valence-electron chi connectivity index (χ4n) is 2.89. The maximum absolute atomic E-state index is 12.3. The highest BCUT2D eigenvalue weighted by Crippen LogP contribution is 2.14.